The summed E-state index contributed by atoms with van der Waals surface area (Å²) in [5, 5.41) is 8.88. The predicted octanol–water partition coefficient (Wildman–Crippen LogP) is 2.47. The number of nitriles is 1. The maximum Gasteiger partial charge on any atom is 0.145 e. The Morgan fingerprint density at radius 1 is 1.20 bits per heavy atom. The van der Waals surface area contributed by atoms with E-state index in [0.717, 1.165) is 12.4 Å². The second-order valence-electron chi connectivity index (χ2n) is 5.19. The SMILES string of the molecule is CN(Cc1ccc2c(c1)CCC2)c1cc(C#N)ncn1. The molecule has 0 saturated carbocycles. The van der Waals surface area contributed by atoms with Gasteiger partial charge in [0.15, 0.2) is 0 Å². The van der Waals surface area contributed by atoms with Crippen molar-refractivity contribution in [3.8, 4) is 6.07 Å². The summed E-state index contributed by atoms with van der Waals surface area (Å²) >= 11 is 0. The maximum absolute atomic E-state index is 8.88. The van der Waals surface area contributed by atoms with Gasteiger partial charge in [0.25, 0.3) is 0 Å². The molecule has 0 bridgehead atoms. The molecule has 0 amide bonds. The van der Waals surface area contributed by atoms with Crippen LogP contribution < -0.4 is 4.90 Å². The van der Waals surface area contributed by atoms with Crippen LogP contribution in [0.4, 0.5) is 5.82 Å². The van der Waals surface area contributed by atoms with Gasteiger partial charge in [0, 0.05) is 19.7 Å². The summed E-state index contributed by atoms with van der Waals surface area (Å²) in [7, 11) is 1.98. The summed E-state index contributed by atoms with van der Waals surface area (Å²) in [5.41, 5.74) is 4.66. The zero-order valence-corrected chi connectivity index (χ0v) is 11.5. The second kappa shape index (κ2) is 5.30. The van der Waals surface area contributed by atoms with Crippen molar-refractivity contribution >= 4 is 5.82 Å². The van der Waals surface area contributed by atoms with Gasteiger partial charge in [0.05, 0.1) is 0 Å². The Balaban J connectivity index is 1.78. The molecule has 2 aromatic rings. The Bertz CT molecular complexity index is 672. The number of nitrogens with zero attached hydrogens (tertiary/aromatic N) is 4. The minimum Gasteiger partial charge on any atom is -0.355 e. The van der Waals surface area contributed by atoms with E-state index >= 15 is 0 Å². The van der Waals surface area contributed by atoms with E-state index in [1.165, 1.54) is 42.3 Å². The van der Waals surface area contributed by atoms with Gasteiger partial charge in [-0.05, 0) is 36.0 Å². The van der Waals surface area contributed by atoms with Crippen molar-refractivity contribution in [3.05, 3.63) is 53.0 Å². The van der Waals surface area contributed by atoms with Gasteiger partial charge in [0.2, 0.25) is 0 Å². The molecule has 0 radical (unpaired) electrons. The number of anilines is 1. The summed E-state index contributed by atoms with van der Waals surface area (Å²) in [4.78, 5) is 10.2. The molecule has 4 heteroatoms. The average molecular weight is 264 g/mol. The van der Waals surface area contributed by atoms with Crippen molar-refractivity contribution in [2.24, 2.45) is 0 Å². The summed E-state index contributed by atoms with van der Waals surface area (Å²) in [6.07, 6.45) is 5.11. The monoisotopic (exact) mass is 264 g/mol. The fourth-order valence-electron chi connectivity index (χ4n) is 2.70. The van der Waals surface area contributed by atoms with E-state index in [2.05, 4.69) is 28.2 Å². The van der Waals surface area contributed by atoms with E-state index < -0.39 is 0 Å². The number of fused-ring (bicyclic) bond motifs is 1. The Morgan fingerprint density at radius 2 is 2.05 bits per heavy atom. The molecule has 0 unspecified atom stereocenters. The molecule has 20 heavy (non-hydrogen) atoms. The number of hydrogen-bond acceptors (Lipinski definition) is 4. The van der Waals surface area contributed by atoms with Crippen LogP contribution in [0.5, 0.6) is 0 Å². The normalized spacial score (nSPS) is 12.8. The van der Waals surface area contributed by atoms with Crippen LogP contribution in [0.25, 0.3) is 0 Å². The smallest absolute Gasteiger partial charge is 0.145 e. The lowest BCUT2D eigenvalue weighted by molar-refractivity contribution is 0.885. The zero-order valence-electron chi connectivity index (χ0n) is 11.5. The van der Waals surface area contributed by atoms with Gasteiger partial charge in [-0.15, -0.1) is 0 Å². The fourth-order valence-corrected chi connectivity index (χ4v) is 2.70. The standard InChI is InChI=1S/C16H16N4/c1-20(16-8-15(9-17)18-11-19-16)10-12-5-6-13-3-2-4-14(13)7-12/h5-8,11H,2-4,10H2,1H3. The average Bonchev–Trinajstić information content (AvgIpc) is 2.95. The third-order valence-corrected chi connectivity index (χ3v) is 3.74. The Hall–Kier alpha value is -2.41. The number of benzene rings is 1. The molecule has 0 atom stereocenters. The molecule has 3 rings (SSSR count). The van der Waals surface area contributed by atoms with E-state index in [0.29, 0.717) is 5.69 Å². The Kier molecular flexibility index (Phi) is 3.34. The fraction of sp³-hybridized carbons (Fsp3) is 0.312. The lowest BCUT2D eigenvalue weighted by atomic mass is 10.1. The van der Waals surface area contributed by atoms with Gasteiger partial charge in [0.1, 0.15) is 23.9 Å². The van der Waals surface area contributed by atoms with Crippen molar-refractivity contribution in [1.29, 1.82) is 5.26 Å². The Morgan fingerprint density at radius 3 is 2.90 bits per heavy atom. The molecule has 4 nitrogen and oxygen atoms in total. The molecule has 0 aliphatic heterocycles. The van der Waals surface area contributed by atoms with Gasteiger partial charge in [-0.1, -0.05) is 18.2 Å². The number of aromatic nitrogens is 2. The third-order valence-electron chi connectivity index (χ3n) is 3.74. The van der Waals surface area contributed by atoms with Crippen molar-refractivity contribution in [2.45, 2.75) is 25.8 Å². The van der Waals surface area contributed by atoms with Gasteiger partial charge in [-0.25, -0.2) is 9.97 Å². The molecule has 1 aliphatic rings. The van der Waals surface area contributed by atoms with Crippen LogP contribution in [0, 0.1) is 11.3 Å². The van der Waals surface area contributed by atoms with E-state index in [9.17, 15) is 0 Å². The van der Waals surface area contributed by atoms with Crippen molar-refractivity contribution in [1.82, 2.24) is 9.97 Å². The van der Waals surface area contributed by atoms with Gasteiger partial charge in [-0.2, -0.15) is 5.26 Å². The van der Waals surface area contributed by atoms with Crippen molar-refractivity contribution in [3.63, 3.8) is 0 Å². The van der Waals surface area contributed by atoms with Crippen LogP contribution in [0.3, 0.4) is 0 Å². The highest BCUT2D eigenvalue weighted by Gasteiger charge is 2.12. The molecular formula is C16H16N4. The summed E-state index contributed by atoms with van der Waals surface area (Å²) in [6.45, 7) is 0.787. The highest BCUT2D eigenvalue weighted by atomic mass is 15.2. The second-order valence-corrected chi connectivity index (χ2v) is 5.19. The first-order valence-corrected chi connectivity index (χ1v) is 6.80. The van der Waals surface area contributed by atoms with Crippen LogP contribution in [0.1, 0.15) is 28.8 Å². The quantitative estimate of drug-likeness (QED) is 0.854. The summed E-state index contributed by atoms with van der Waals surface area (Å²) in [6, 6.07) is 10.5. The van der Waals surface area contributed by atoms with Gasteiger partial charge in [-0.3, -0.25) is 0 Å². The van der Waals surface area contributed by atoms with Crippen LogP contribution in [-0.4, -0.2) is 17.0 Å². The van der Waals surface area contributed by atoms with E-state index in [4.69, 9.17) is 5.26 Å². The molecule has 0 N–H and O–H groups in total. The molecule has 0 spiro atoms. The molecule has 0 fully saturated rings. The van der Waals surface area contributed by atoms with Crippen LogP contribution in [0.15, 0.2) is 30.6 Å². The van der Waals surface area contributed by atoms with Crippen LogP contribution >= 0.6 is 0 Å². The van der Waals surface area contributed by atoms with E-state index in [1.54, 1.807) is 6.07 Å². The van der Waals surface area contributed by atoms with Gasteiger partial charge < -0.3 is 4.90 Å². The molecule has 1 aliphatic carbocycles. The van der Waals surface area contributed by atoms with E-state index in [1.807, 2.05) is 18.0 Å². The minimum atomic E-state index is 0.399. The number of rotatable bonds is 3. The molecular weight excluding hydrogens is 248 g/mol. The highest BCUT2D eigenvalue weighted by Crippen LogP contribution is 2.23. The van der Waals surface area contributed by atoms with E-state index in [-0.39, 0.29) is 0 Å². The first kappa shape index (κ1) is 12.6. The lowest BCUT2D eigenvalue weighted by Gasteiger charge is -2.18. The number of aryl methyl sites for hydroxylation is 2. The Labute approximate surface area is 118 Å². The zero-order chi connectivity index (χ0) is 13.9. The topological polar surface area (TPSA) is 52.8 Å². The molecule has 1 aromatic heterocycles. The third kappa shape index (κ3) is 2.48. The van der Waals surface area contributed by atoms with Crippen molar-refractivity contribution < 1.29 is 0 Å². The summed E-state index contributed by atoms with van der Waals surface area (Å²) < 4.78 is 0. The molecule has 0 saturated heterocycles. The molecule has 1 aromatic carbocycles. The minimum absolute atomic E-state index is 0.399. The highest BCUT2D eigenvalue weighted by molar-refractivity contribution is 5.43. The van der Waals surface area contributed by atoms with Crippen LogP contribution in [0.2, 0.25) is 0 Å². The van der Waals surface area contributed by atoms with Crippen LogP contribution in [-0.2, 0) is 19.4 Å². The molecule has 100 valence electrons. The van der Waals surface area contributed by atoms with Gasteiger partial charge >= 0.3 is 0 Å². The lowest BCUT2D eigenvalue weighted by Crippen LogP contribution is -2.18. The molecule has 1 heterocycles. The first-order chi connectivity index (χ1) is 9.76. The van der Waals surface area contributed by atoms with Crippen molar-refractivity contribution in [2.75, 3.05) is 11.9 Å². The maximum atomic E-state index is 8.88. The first-order valence-electron chi connectivity index (χ1n) is 6.80. The predicted molar refractivity (Wildman–Crippen MR) is 77.3 cm³/mol. The summed E-state index contributed by atoms with van der Waals surface area (Å²) in [5.74, 6) is 0.775. The largest absolute Gasteiger partial charge is 0.355 e. The number of hydrogen-bond donors (Lipinski definition) is 0.